The number of hydrogen-bond donors (Lipinski definition) is 2. The first kappa shape index (κ1) is 12.5. The summed E-state index contributed by atoms with van der Waals surface area (Å²) in [6, 6.07) is 7.47. The van der Waals surface area contributed by atoms with Crippen molar-refractivity contribution in [3.8, 4) is 0 Å². The van der Waals surface area contributed by atoms with Crippen LogP contribution in [0.1, 0.15) is 24.9 Å². The average molecular weight is 222 g/mol. The van der Waals surface area contributed by atoms with Gasteiger partial charge in [0.1, 0.15) is 0 Å². The second-order valence-electron chi connectivity index (χ2n) is 3.70. The number of nitrogens with one attached hydrogen (secondary N) is 1. The first-order valence-electron chi connectivity index (χ1n) is 5.27. The van der Waals surface area contributed by atoms with Gasteiger partial charge in [-0.25, -0.2) is 0 Å². The molecule has 0 aromatic heterocycles. The number of rotatable bonds is 5. The van der Waals surface area contributed by atoms with Crippen LogP contribution in [0.5, 0.6) is 0 Å². The summed E-state index contributed by atoms with van der Waals surface area (Å²) in [5, 5.41) is 2.89. The van der Waals surface area contributed by atoms with E-state index < -0.39 is 0 Å². The highest BCUT2D eigenvalue weighted by atomic mass is 16.5. The molecule has 1 aromatic carbocycles. The quantitative estimate of drug-likeness (QED) is 0.742. The van der Waals surface area contributed by atoms with E-state index >= 15 is 0 Å². The van der Waals surface area contributed by atoms with Crippen molar-refractivity contribution in [2.24, 2.45) is 0 Å². The minimum atomic E-state index is -0.00930. The maximum absolute atomic E-state index is 11.4. The van der Waals surface area contributed by atoms with Crippen LogP contribution in [0.15, 0.2) is 24.3 Å². The predicted molar refractivity (Wildman–Crippen MR) is 63.9 cm³/mol. The molecule has 0 radical (unpaired) electrons. The zero-order chi connectivity index (χ0) is 12.0. The van der Waals surface area contributed by atoms with Crippen LogP contribution in [0.4, 0.5) is 5.69 Å². The largest absolute Gasteiger partial charge is 0.399 e. The molecule has 1 rings (SSSR count). The Labute approximate surface area is 95.8 Å². The molecule has 0 spiro atoms. The third kappa shape index (κ3) is 3.90. The molecule has 0 saturated heterocycles. The van der Waals surface area contributed by atoms with Gasteiger partial charge in [-0.1, -0.05) is 12.1 Å². The van der Waals surface area contributed by atoms with Crippen LogP contribution in [0, 0.1) is 0 Å². The smallest absolute Gasteiger partial charge is 0.222 e. The molecule has 1 unspecified atom stereocenters. The summed E-state index contributed by atoms with van der Waals surface area (Å²) in [7, 11) is 1.58. The SMILES string of the molecule is COCCC(=O)NC(C)c1ccc(N)cc1. The van der Waals surface area contributed by atoms with Gasteiger partial charge in [-0.2, -0.15) is 0 Å². The molecular weight excluding hydrogens is 204 g/mol. The average Bonchev–Trinajstić information content (AvgIpc) is 2.27. The van der Waals surface area contributed by atoms with Crippen molar-refractivity contribution in [1.82, 2.24) is 5.32 Å². The lowest BCUT2D eigenvalue weighted by Gasteiger charge is -2.14. The summed E-state index contributed by atoms with van der Waals surface area (Å²) >= 11 is 0. The van der Waals surface area contributed by atoms with Gasteiger partial charge in [-0.15, -0.1) is 0 Å². The number of nitrogens with two attached hydrogens (primary N) is 1. The van der Waals surface area contributed by atoms with E-state index in [4.69, 9.17) is 10.5 Å². The molecule has 0 fully saturated rings. The number of carbonyl (C=O) groups excluding carboxylic acids is 1. The Balaban J connectivity index is 2.48. The molecule has 1 amide bonds. The minimum Gasteiger partial charge on any atom is -0.399 e. The van der Waals surface area contributed by atoms with Crippen LogP contribution in [-0.2, 0) is 9.53 Å². The van der Waals surface area contributed by atoms with E-state index in [0.717, 1.165) is 11.3 Å². The lowest BCUT2D eigenvalue weighted by atomic mass is 10.1. The highest BCUT2D eigenvalue weighted by Gasteiger charge is 2.08. The number of amides is 1. The lowest BCUT2D eigenvalue weighted by Crippen LogP contribution is -2.27. The predicted octanol–water partition coefficient (Wildman–Crippen LogP) is 1.48. The van der Waals surface area contributed by atoms with Gasteiger partial charge in [0.15, 0.2) is 0 Å². The highest BCUT2D eigenvalue weighted by Crippen LogP contribution is 2.14. The molecule has 0 saturated carbocycles. The molecule has 0 aliphatic carbocycles. The first-order chi connectivity index (χ1) is 7.63. The number of carbonyl (C=O) groups is 1. The molecule has 0 bridgehead atoms. The van der Waals surface area contributed by atoms with Crippen LogP contribution in [0.25, 0.3) is 0 Å². The summed E-state index contributed by atoms with van der Waals surface area (Å²) in [5.41, 5.74) is 7.36. The monoisotopic (exact) mass is 222 g/mol. The van der Waals surface area contributed by atoms with E-state index in [1.165, 1.54) is 0 Å². The van der Waals surface area contributed by atoms with E-state index in [2.05, 4.69) is 5.32 Å². The van der Waals surface area contributed by atoms with Gasteiger partial charge in [-0.05, 0) is 24.6 Å². The summed E-state index contributed by atoms with van der Waals surface area (Å²) in [4.78, 5) is 11.4. The Bertz CT molecular complexity index is 335. The topological polar surface area (TPSA) is 64.3 Å². The van der Waals surface area contributed by atoms with Gasteiger partial charge in [0.25, 0.3) is 0 Å². The van der Waals surface area contributed by atoms with E-state index in [-0.39, 0.29) is 11.9 Å². The Morgan fingerprint density at radius 2 is 2.06 bits per heavy atom. The van der Waals surface area contributed by atoms with Gasteiger partial charge in [0.2, 0.25) is 5.91 Å². The van der Waals surface area contributed by atoms with Gasteiger partial charge in [0, 0.05) is 19.2 Å². The fourth-order valence-electron chi connectivity index (χ4n) is 1.38. The Morgan fingerprint density at radius 3 is 2.62 bits per heavy atom. The number of methoxy groups -OCH3 is 1. The van der Waals surface area contributed by atoms with Crippen molar-refractivity contribution >= 4 is 11.6 Å². The number of hydrogen-bond acceptors (Lipinski definition) is 3. The highest BCUT2D eigenvalue weighted by molar-refractivity contribution is 5.76. The van der Waals surface area contributed by atoms with Crippen molar-refractivity contribution < 1.29 is 9.53 Å². The maximum Gasteiger partial charge on any atom is 0.222 e. The van der Waals surface area contributed by atoms with Crippen LogP contribution < -0.4 is 11.1 Å². The minimum absolute atomic E-state index is 0.00817. The summed E-state index contributed by atoms with van der Waals surface area (Å²) in [6.07, 6.45) is 0.385. The van der Waals surface area contributed by atoms with E-state index in [1.807, 2.05) is 31.2 Å². The van der Waals surface area contributed by atoms with E-state index in [9.17, 15) is 4.79 Å². The molecule has 88 valence electrons. The number of ether oxygens (including phenoxy) is 1. The third-order valence-electron chi connectivity index (χ3n) is 2.35. The first-order valence-corrected chi connectivity index (χ1v) is 5.27. The zero-order valence-corrected chi connectivity index (χ0v) is 9.69. The van der Waals surface area contributed by atoms with Gasteiger partial charge >= 0.3 is 0 Å². The van der Waals surface area contributed by atoms with E-state index in [0.29, 0.717) is 13.0 Å². The summed E-state index contributed by atoms with van der Waals surface area (Å²) < 4.78 is 4.84. The molecule has 1 aromatic rings. The Kier molecular flexibility index (Phi) is 4.79. The van der Waals surface area contributed by atoms with Crippen molar-refractivity contribution in [2.45, 2.75) is 19.4 Å². The van der Waals surface area contributed by atoms with Crippen LogP contribution in [0.3, 0.4) is 0 Å². The number of anilines is 1. The fourth-order valence-corrected chi connectivity index (χ4v) is 1.38. The van der Waals surface area contributed by atoms with Gasteiger partial charge in [-0.3, -0.25) is 4.79 Å². The Hall–Kier alpha value is -1.55. The van der Waals surface area contributed by atoms with Crippen molar-refractivity contribution in [3.05, 3.63) is 29.8 Å². The molecule has 0 heterocycles. The fraction of sp³-hybridized carbons (Fsp3) is 0.417. The molecule has 16 heavy (non-hydrogen) atoms. The molecule has 3 N–H and O–H groups in total. The second-order valence-corrected chi connectivity index (χ2v) is 3.70. The molecule has 0 aliphatic heterocycles. The van der Waals surface area contributed by atoms with Crippen LogP contribution >= 0.6 is 0 Å². The summed E-state index contributed by atoms with van der Waals surface area (Å²) in [5.74, 6) is -0.00817. The normalized spacial score (nSPS) is 12.1. The standard InChI is InChI=1S/C12H18N2O2/c1-9(14-12(15)7-8-16-2)10-3-5-11(13)6-4-10/h3-6,9H,7-8,13H2,1-2H3,(H,14,15). The molecule has 1 atom stereocenters. The van der Waals surface area contributed by atoms with Crippen molar-refractivity contribution in [1.29, 1.82) is 0 Å². The molecule has 0 aliphatic rings. The maximum atomic E-state index is 11.4. The molecule has 4 nitrogen and oxygen atoms in total. The van der Waals surface area contributed by atoms with Crippen molar-refractivity contribution in [3.63, 3.8) is 0 Å². The van der Waals surface area contributed by atoms with Gasteiger partial charge in [0.05, 0.1) is 12.6 Å². The number of nitrogen functional groups attached to an aromatic ring is 1. The lowest BCUT2D eigenvalue weighted by molar-refractivity contribution is -0.122. The molecule has 4 heteroatoms. The van der Waals surface area contributed by atoms with Crippen LogP contribution in [0.2, 0.25) is 0 Å². The van der Waals surface area contributed by atoms with Crippen LogP contribution in [-0.4, -0.2) is 19.6 Å². The summed E-state index contributed by atoms with van der Waals surface area (Å²) in [6.45, 7) is 2.39. The zero-order valence-electron chi connectivity index (χ0n) is 9.69. The third-order valence-corrected chi connectivity index (χ3v) is 2.35. The Morgan fingerprint density at radius 1 is 1.44 bits per heavy atom. The van der Waals surface area contributed by atoms with Crippen molar-refractivity contribution in [2.75, 3.05) is 19.5 Å². The molecular formula is C12H18N2O2. The van der Waals surface area contributed by atoms with Gasteiger partial charge < -0.3 is 15.8 Å². The van der Waals surface area contributed by atoms with E-state index in [1.54, 1.807) is 7.11 Å². The number of benzene rings is 1. The second kappa shape index (κ2) is 6.12.